The zero-order valence-corrected chi connectivity index (χ0v) is 14.2. The average molecular weight is 289 g/mol. The van der Waals surface area contributed by atoms with Gasteiger partial charge < -0.3 is 9.64 Å². The smallest absolute Gasteiger partial charge is 0.123 e. The van der Waals surface area contributed by atoms with E-state index in [4.69, 9.17) is 4.74 Å². The van der Waals surface area contributed by atoms with Crippen LogP contribution in [0.15, 0.2) is 24.3 Å². The molecule has 1 unspecified atom stereocenters. The van der Waals surface area contributed by atoms with Crippen molar-refractivity contribution in [2.75, 3.05) is 26.2 Å². The topological polar surface area (TPSA) is 12.5 Å². The molecular formula is C19H31NO. The first kappa shape index (κ1) is 16.4. The van der Waals surface area contributed by atoms with Crippen LogP contribution in [-0.2, 0) is 5.41 Å². The zero-order chi connectivity index (χ0) is 15.3. The third-order valence-electron chi connectivity index (χ3n) is 4.31. The molecule has 0 radical (unpaired) electrons. The van der Waals surface area contributed by atoms with Crippen LogP contribution < -0.4 is 4.74 Å². The van der Waals surface area contributed by atoms with Gasteiger partial charge in [-0.05, 0) is 48.8 Å². The summed E-state index contributed by atoms with van der Waals surface area (Å²) in [6.07, 6.45) is 3.87. The molecule has 1 aliphatic rings. The summed E-state index contributed by atoms with van der Waals surface area (Å²) in [5.74, 6) is 1.92. The Hall–Kier alpha value is -1.02. The number of nitrogens with zero attached hydrogens (tertiary/aromatic N) is 1. The van der Waals surface area contributed by atoms with Gasteiger partial charge in [0.15, 0.2) is 0 Å². The Labute approximate surface area is 130 Å². The van der Waals surface area contributed by atoms with Crippen LogP contribution >= 0.6 is 0 Å². The van der Waals surface area contributed by atoms with Crippen LogP contribution in [0.1, 0.15) is 52.5 Å². The van der Waals surface area contributed by atoms with Crippen molar-refractivity contribution < 1.29 is 4.74 Å². The Morgan fingerprint density at radius 2 is 2.00 bits per heavy atom. The molecule has 0 bridgehead atoms. The number of para-hydroxylation sites is 1. The van der Waals surface area contributed by atoms with Gasteiger partial charge in [0.1, 0.15) is 5.75 Å². The highest BCUT2D eigenvalue weighted by atomic mass is 16.5. The molecule has 0 aliphatic carbocycles. The minimum Gasteiger partial charge on any atom is -0.493 e. The Kier molecular flexibility index (Phi) is 5.69. The van der Waals surface area contributed by atoms with E-state index in [9.17, 15) is 0 Å². The van der Waals surface area contributed by atoms with Gasteiger partial charge in [0.2, 0.25) is 0 Å². The summed E-state index contributed by atoms with van der Waals surface area (Å²) >= 11 is 0. The van der Waals surface area contributed by atoms with Crippen LogP contribution in [-0.4, -0.2) is 31.1 Å². The first-order valence-corrected chi connectivity index (χ1v) is 8.41. The molecule has 1 aromatic carbocycles. The van der Waals surface area contributed by atoms with Crippen molar-refractivity contribution in [3.8, 4) is 5.75 Å². The molecule has 1 heterocycles. The van der Waals surface area contributed by atoms with Gasteiger partial charge in [0.05, 0.1) is 6.61 Å². The van der Waals surface area contributed by atoms with Gasteiger partial charge in [-0.3, -0.25) is 0 Å². The maximum Gasteiger partial charge on any atom is 0.123 e. The molecule has 1 fully saturated rings. The molecule has 21 heavy (non-hydrogen) atoms. The normalized spacial score (nSPS) is 20.5. The van der Waals surface area contributed by atoms with E-state index in [1.807, 2.05) is 0 Å². The lowest BCUT2D eigenvalue weighted by Crippen LogP contribution is -2.35. The number of piperidine rings is 1. The van der Waals surface area contributed by atoms with Crippen LogP contribution in [0.4, 0.5) is 0 Å². The van der Waals surface area contributed by atoms with Crippen molar-refractivity contribution in [2.24, 2.45) is 5.92 Å². The summed E-state index contributed by atoms with van der Waals surface area (Å²) in [4.78, 5) is 2.59. The lowest BCUT2D eigenvalue weighted by Gasteiger charge is -2.30. The van der Waals surface area contributed by atoms with Gasteiger partial charge in [0.25, 0.3) is 0 Å². The van der Waals surface area contributed by atoms with Gasteiger partial charge in [0, 0.05) is 13.1 Å². The van der Waals surface area contributed by atoms with Crippen molar-refractivity contribution >= 4 is 0 Å². The minimum atomic E-state index is 0.138. The van der Waals surface area contributed by atoms with Gasteiger partial charge in [-0.1, -0.05) is 45.9 Å². The van der Waals surface area contributed by atoms with E-state index in [0.717, 1.165) is 24.7 Å². The van der Waals surface area contributed by atoms with Crippen molar-refractivity contribution in [2.45, 2.75) is 52.4 Å². The number of hydrogen-bond acceptors (Lipinski definition) is 2. The maximum absolute atomic E-state index is 6.05. The zero-order valence-electron chi connectivity index (χ0n) is 14.2. The molecule has 1 atom stereocenters. The quantitative estimate of drug-likeness (QED) is 0.741. The fourth-order valence-corrected chi connectivity index (χ4v) is 3.17. The van der Waals surface area contributed by atoms with Crippen LogP contribution in [0.3, 0.4) is 0 Å². The highest BCUT2D eigenvalue weighted by molar-refractivity contribution is 5.38. The summed E-state index contributed by atoms with van der Waals surface area (Å²) in [6, 6.07) is 8.45. The van der Waals surface area contributed by atoms with Crippen LogP contribution in [0.2, 0.25) is 0 Å². The van der Waals surface area contributed by atoms with Crippen molar-refractivity contribution in [1.82, 2.24) is 4.90 Å². The molecular weight excluding hydrogens is 258 g/mol. The number of hydrogen-bond donors (Lipinski definition) is 0. The second-order valence-corrected chi connectivity index (χ2v) is 7.50. The summed E-state index contributed by atoms with van der Waals surface area (Å²) < 4.78 is 6.05. The maximum atomic E-state index is 6.05. The van der Waals surface area contributed by atoms with Crippen LogP contribution in [0, 0.1) is 5.92 Å². The molecule has 0 aromatic heterocycles. The van der Waals surface area contributed by atoms with E-state index >= 15 is 0 Å². The molecule has 0 spiro atoms. The molecule has 1 aromatic rings. The fraction of sp³-hybridized carbons (Fsp3) is 0.684. The molecule has 118 valence electrons. The molecule has 2 heteroatoms. The second-order valence-electron chi connectivity index (χ2n) is 7.50. The SMILES string of the molecule is CC1CCCN(CCCOc2ccccc2C(C)(C)C)C1. The first-order chi connectivity index (χ1) is 9.97. The molecule has 2 nitrogen and oxygen atoms in total. The average Bonchev–Trinajstić information content (AvgIpc) is 2.43. The Balaban J connectivity index is 1.79. The number of ether oxygens (including phenoxy) is 1. The fourth-order valence-electron chi connectivity index (χ4n) is 3.17. The van der Waals surface area contributed by atoms with Gasteiger partial charge in [-0.25, -0.2) is 0 Å². The molecule has 2 rings (SSSR count). The van der Waals surface area contributed by atoms with E-state index in [0.29, 0.717) is 0 Å². The van der Waals surface area contributed by atoms with Crippen LogP contribution in [0.5, 0.6) is 5.75 Å². The summed E-state index contributed by atoms with van der Waals surface area (Å²) in [6.45, 7) is 13.6. The minimum absolute atomic E-state index is 0.138. The van der Waals surface area contributed by atoms with Gasteiger partial charge >= 0.3 is 0 Å². The summed E-state index contributed by atoms with van der Waals surface area (Å²) in [5, 5.41) is 0. The highest BCUT2D eigenvalue weighted by Gasteiger charge is 2.18. The lowest BCUT2D eigenvalue weighted by atomic mass is 9.86. The number of rotatable bonds is 5. The third kappa shape index (κ3) is 5.03. The molecule has 0 amide bonds. The van der Waals surface area contributed by atoms with Crippen molar-refractivity contribution in [1.29, 1.82) is 0 Å². The van der Waals surface area contributed by atoms with Gasteiger partial charge in [-0.15, -0.1) is 0 Å². The lowest BCUT2D eigenvalue weighted by molar-refractivity contribution is 0.169. The van der Waals surface area contributed by atoms with E-state index in [1.54, 1.807) is 0 Å². The second kappa shape index (κ2) is 7.31. The summed E-state index contributed by atoms with van der Waals surface area (Å²) in [7, 11) is 0. The number of likely N-dealkylation sites (tertiary alicyclic amines) is 1. The predicted molar refractivity (Wildman–Crippen MR) is 90.1 cm³/mol. The van der Waals surface area contributed by atoms with E-state index in [2.05, 4.69) is 56.9 Å². The molecule has 0 N–H and O–H groups in total. The van der Waals surface area contributed by atoms with E-state index < -0.39 is 0 Å². The Morgan fingerprint density at radius 1 is 1.24 bits per heavy atom. The highest BCUT2D eigenvalue weighted by Crippen LogP contribution is 2.30. The Morgan fingerprint density at radius 3 is 2.71 bits per heavy atom. The molecule has 0 saturated carbocycles. The molecule has 1 saturated heterocycles. The molecule has 1 aliphatic heterocycles. The standard InChI is InChI=1S/C19H31NO/c1-16-9-7-12-20(15-16)13-8-14-21-18-11-6-5-10-17(18)19(2,3)4/h5-6,10-11,16H,7-9,12-15H2,1-4H3. The predicted octanol–water partition coefficient (Wildman–Crippen LogP) is 4.48. The van der Waals surface area contributed by atoms with E-state index in [1.165, 1.54) is 38.0 Å². The monoisotopic (exact) mass is 289 g/mol. The largest absolute Gasteiger partial charge is 0.493 e. The summed E-state index contributed by atoms with van der Waals surface area (Å²) in [5.41, 5.74) is 1.44. The van der Waals surface area contributed by atoms with Crippen LogP contribution in [0.25, 0.3) is 0 Å². The van der Waals surface area contributed by atoms with Crippen molar-refractivity contribution in [3.05, 3.63) is 29.8 Å². The number of benzene rings is 1. The van der Waals surface area contributed by atoms with E-state index in [-0.39, 0.29) is 5.41 Å². The van der Waals surface area contributed by atoms with Gasteiger partial charge in [-0.2, -0.15) is 0 Å². The third-order valence-corrected chi connectivity index (χ3v) is 4.31. The van der Waals surface area contributed by atoms with Crippen molar-refractivity contribution in [3.63, 3.8) is 0 Å². The first-order valence-electron chi connectivity index (χ1n) is 8.41. The Bertz CT molecular complexity index is 435.